The zero-order chi connectivity index (χ0) is 21.0. The molecule has 1 aromatic carbocycles. The van der Waals surface area contributed by atoms with E-state index in [1.165, 1.54) is 7.11 Å². The van der Waals surface area contributed by atoms with Gasteiger partial charge in [-0.25, -0.2) is 9.50 Å². The molecule has 0 aliphatic rings. The molecule has 2 aromatic heterocycles. The Morgan fingerprint density at radius 3 is 2.79 bits per heavy atom. The Morgan fingerprint density at radius 1 is 1.31 bits per heavy atom. The van der Waals surface area contributed by atoms with Crippen LogP contribution in [0.5, 0.6) is 5.75 Å². The van der Waals surface area contributed by atoms with Crippen LogP contribution >= 0.6 is 0 Å². The van der Waals surface area contributed by atoms with Crippen molar-refractivity contribution in [2.24, 2.45) is 0 Å². The third-order valence-corrected chi connectivity index (χ3v) is 4.42. The van der Waals surface area contributed by atoms with Crippen LogP contribution < -0.4 is 15.6 Å². The maximum absolute atomic E-state index is 12.7. The molecule has 2 N–H and O–H groups in total. The van der Waals surface area contributed by atoms with Gasteiger partial charge in [-0.3, -0.25) is 9.59 Å². The fourth-order valence-electron chi connectivity index (χ4n) is 3.10. The number of ether oxygens (including phenoxy) is 2. The number of H-pyrrole nitrogens is 1. The lowest BCUT2D eigenvalue weighted by molar-refractivity contribution is -0.138. The summed E-state index contributed by atoms with van der Waals surface area (Å²) >= 11 is 0. The van der Waals surface area contributed by atoms with Crippen molar-refractivity contribution in [3.63, 3.8) is 0 Å². The summed E-state index contributed by atoms with van der Waals surface area (Å²) in [6, 6.07) is 5.34. The van der Waals surface area contributed by atoms with Gasteiger partial charge in [0, 0.05) is 12.1 Å². The van der Waals surface area contributed by atoms with Crippen LogP contribution in [0.2, 0.25) is 0 Å². The summed E-state index contributed by atoms with van der Waals surface area (Å²) in [5.74, 6) is 1.30. The number of aromatic nitrogens is 4. The Balaban J connectivity index is 2.12. The number of aromatic amines is 1. The summed E-state index contributed by atoms with van der Waals surface area (Å²) in [7, 11) is 1.33. The summed E-state index contributed by atoms with van der Waals surface area (Å²) in [5, 5.41) is 7.63. The molecule has 2 heterocycles. The van der Waals surface area contributed by atoms with E-state index in [1.807, 2.05) is 13.8 Å². The lowest BCUT2D eigenvalue weighted by atomic mass is 10.1. The second-order valence-electron chi connectivity index (χ2n) is 6.50. The number of nitrogens with one attached hydrogen (secondary N) is 2. The van der Waals surface area contributed by atoms with Gasteiger partial charge in [-0.05, 0) is 38.5 Å². The number of carbonyl (C=O) groups is 1. The van der Waals surface area contributed by atoms with Crippen molar-refractivity contribution in [2.75, 3.05) is 25.6 Å². The lowest BCUT2D eigenvalue weighted by Gasteiger charge is -2.13. The maximum atomic E-state index is 12.7. The third kappa shape index (κ3) is 4.23. The Labute approximate surface area is 168 Å². The van der Waals surface area contributed by atoms with Crippen molar-refractivity contribution in [3.05, 3.63) is 40.1 Å². The fraction of sp³-hybridized carbons (Fsp3) is 0.400. The average molecular weight is 399 g/mol. The van der Waals surface area contributed by atoms with E-state index >= 15 is 0 Å². The van der Waals surface area contributed by atoms with E-state index in [4.69, 9.17) is 4.74 Å². The normalized spacial score (nSPS) is 10.9. The van der Waals surface area contributed by atoms with Gasteiger partial charge < -0.3 is 19.8 Å². The smallest absolute Gasteiger partial charge is 0.325 e. The van der Waals surface area contributed by atoms with Gasteiger partial charge in [0.05, 0.1) is 25.0 Å². The number of carbonyl (C=O) groups excluding carboxylic acids is 1. The number of imidazole rings is 1. The lowest BCUT2D eigenvalue weighted by Crippen LogP contribution is -2.16. The minimum Gasteiger partial charge on any atom is -0.493 e. The highest BCUT2D eigenvalue weighted by Gasteiger charge is 2.17. The summed E-state index contributed by atoms with van der Waals surface area (Å²) in [6.45, 7) is 6.21. The molecule has 0 atom stereocenters. The van der Waals surface area contributed by atoms with Crippen LogP contribution in [0.25, 0.3) is 16.9 Å². The zero-order valence-electron chi connectivity index (χ0n) is 17.0. The molecule has 0 spiro atoms. The van der Waals surface area contributed by atoms with Crippen LogP contribution in [-0.4, -0.2) is 45.8 Å². The number of esters is 1. The maximum Gasteiger partial charge on any atom is 0.325 e. The topological polar surface area (TPSA) is 111 Å². The first kappa shape index (κ1) is 20.4. The number of fused-ring (bicyclic) bond motifs is 1. The molecule has 0 amide bonds. The largest absolute Gasteiger partial charge is 0.493 e. The molecule has 0 saturated carbocycles. The number of hydrogen-bond acceptors (Lipinski definition) is 7. The number of nitrogens with zero attached hydrogens (tertiary/aromatic N) is 3. The van der Waals surface area contributed by atoms with E-state index in [9.17, 15) is 9.59 Å². The fourth-order valence-corrected chi connectivity index (χ4v) is 3.10. The van der Waals surface area contributed by atoms with Crippen LogP contribution in [0.1, 0.15) is 31.8 Å². The highest BCUT2D eigenvalue weighted by Crippen LogP contribution is 2.30. The third-order valence-electron chi connectivity index (χ3n) is 4.42. The van der Waals surface area contributed by atoms with E-state index in [1.54, 1.807) is 29.6 Å². The molecular formula is C20H25N5O4. The first-order chi connectivity index (χ1) is 14.0. The Bertz CT molecular complexity index is 1090. The molecule has 154 valence electrons. The molecule has 9 nitrogen and oxygen atoms in total. The molecular weight excluding hydrogens is 374 g/mol. The van der Waals surface area contributed by atoms with Crippen molar-refractivity contribution >= 4 is 17.2 Å². The molecule has 0 fully saturated rings. The Morgan fingerprint density at radius 2 is 2.10 bits per heavy atom. The van der Waals surface area contributed by atoms with Gasteiger partial charge in [0.15, 0.2) is 11.3 Å². The first-order valence-corrected chi connectivity index (χ1v) is 9.54. The van der Waals surface area contributed by atoms with E-state index < -0.39 is 0 Å². The van der Waals surface area contributed by atoms with Crippen molar-refractivity contribution in [3.8, 4) is 17.1 Å². The summed E-state index contributed by atoms with van der Waals surface area (Å²) in [4.78, 5) is 31.5. The van der Waals surface area contributed by atoms with E-state index in [0.29, 0.717) is 47.1 Å². The Kier molecular flexibility index (Phi) is 6.16. The quantitative estimate of drug-likeness (QED) is 0.559. The minimum absolute atomic E-state index is 0.0221. The number of hydrogen-bond donors (Lipinski definition) is 2. The zero-order valence-corrected chi connectivity index (χ0v) is 17.0. The molecule has 0 aliphatic carbocycles. The van der Waals surface area contributed by atoms with Crippen LogP contribution in [-0.2, 0) is 16.0 Å². The van der Waals surface area contributed by atoms with E-state index in [0.717, 1.165) is 12.2 Å². The summed E-state index contributed by atoms with van der Waals surface area (Å²) in [6.07, 6.45) is 1.60. The highest BCUT2D eigenvalue weighted by molar-refractivity contribution is 5.76. The number of aryl methyl sites for hydroxylation is 2. The van der Waals surface area contributed by atoms with Crippen LogP contribution in [0.4, 0.5) is 5.69 Å². The van der Waals surface area contributed by atoms with Crippen LogP contribution in [0, 0.1) is 6.92 Å². The van der Waals surface area contributed by atoms with E-state index in [-0.39, 0.29) is 18.1 Å². The predicted molar refractivity (Wildman–Crippen MR) is 109 cm³/mol. The van der Waals surface area contributed by atoms with Gasteiger partial charge >= 0.3 is 5.97 Å². The van der Waals surface area contributed by atoms with Crippen LogP contribution in [0.15, 0.2) is 23.0 Å². The minimum atomic E-state index is -0.383. The predicted octanol–water partition coefficient (Wildman–Crippen LogP) is 2.33. The number of benzene rings is 1. The van der Waals surface area contributed by atoms with Gasteiger partial charge in [0.1, 0.15) is 18.1 Å². The second kappa shape index (κ2) is 8.76. The van der Waals surface area contributed by atoms with Gasteiger partial charge in [-0.15, -0.1) is 5.10 Å². The summed E-state index contributed by atoms with van der Waals surface area (Å²) < 4.78 is 12.0. The molecule has 0 saturated heterocycles. The molecule has 3 aromatic rings. The van der Waals surface area contributed by atoms with Crippen molar-refractivity contribution in [1.29, 1.82) is 0 Å². The first-order valence-electron chi connectivity index (χ1n) is 9.54. The second-order valence-corrected chi connectivity index (χ2v) is 6.50. The number of anilines is 1. The molecule has 0 unspecified atom stereocenters. The molecule has 0 radical (unpaired) electrons. The highest BCUT2D eigenvalue weighted by atomic mass is 16.5. The van der Waals surface area contributed by atoms with Gasteiger partial charge in [0.25, 0.3) is 5.56 Å². The molecule has 0 bridgehead atoms. The summed E-state index contributed by atoms with van der Waals surface area (Å²) in [5.41, 5.74) is 2.10. The number of rotatable bonds is 8. The standard InChI is InChI=1S/C20H25N5O4/c1-5-7-16-22-12(3)18-20(27)23-19(24-25(16)18)14-10-13(21-11-17(26)28-4)8-9-15(14)29-6-2/h8-10,21H,5-7,11H2,1-4H3,(H,23,24,27). The molecule has 29 heavy (non-hydrogen) atoms. The average Bonchev–Trinajstić information content (AvgIpc) is 3.03. The van der Waals surface area contributed by atoms with Crippen molar-refractivity contribution in [1.82, 2.24) is 19.6 Å². The van der Waals surface area contributed by atoms with Gasteiger partial charge in [-0.2, -0.15) is 0 Å². The van der Waals surface area contributed by atoms with Crippen molar-refractivity contribution < 1.29 is 14.3 Å². The number of methoxy groups -OCH3 is 1. The monoisotopic (exact) mass is 399 g/mol. The molecule has 9 heteroatoms. The van der Waals surface area contributed by atoms with Gasteiger partial charge in [0.2, 0.25) is 0 Å². The van der Waals surface area contributed by atoms with Gasteiger partial charge in [-0.1, -0.05) is 6.92 Å². The van der Waals surface area contributed by atoms with Crippen LogP contribution in [0.3, 0.4) is 0 Å². The van der Waals surface area contributed by atoms with Crippen molar-refractivity contribution in [2.45, 2.75) is 33.6 Å². The SMILES string of the molecule is CCCc1nc(C)c2c(=O)[nH]c(-c3cc(NCC(=O)OC)ccc3OCC)nn12. The van der Waals surface area contributed by atoms with E-state index in [2.05, 4.69) is 25.1 Å². The molecule has 3 rings (SSSR count). The Hall–Kier alpha value is -3.36. The molecule has 0 aliphatic heterocycles.